The molecule has 0 aliphatic rings. The fourth-order valence-electron chi connectivity index (χ4n) is 1.31. The minimum atomic E-state index is -0.839. The molecule has 0 saturated carbocycles. The Kier molecular flexibility index (Phi) is 5.49. The molecule has 0 radical (unpaired) electrons. The molecule has 1 aromatic rings. The highest BCUT2D eigenvalue weighted by Gasteiger charge is 2.18. The molecule has 1 rings (SSSR count). The minimum absolute atomic E-state index is 0.180. The van der Waals surface area contributed by atoms with Crippen LogP contribution in [0.4, 0.5) is 0 Å². The Bertz CT molecular complexity index is 338. The topological polar surface area (TPSA) is 58.6 Å². The number of carboxylic acid groups (broad SMARTS) is 1. The lowest BCUT2D eigenvalue weighted by atomic mass is 10.1. The Balaban J connectivity index is 2.42. The lowest BCUT2D eigenvalue weighted by Gasteiger charge is -2.16. The second-order valence-electron chi connectivity index (χ2n) is 4.22. The number of para-hydroxylation sites is 1. The van der Waals surface area contributed by atoms with E-state index < -0.39 is 11.9 Å². The predicted octanol–water partition coefficient (Wildman–Crippen LogP) is 1.76. The van der Waals surface area contributed by atoms with Gasteiger partial charge in [0.25, 0.3) is 0 Å². The maximum atomic E-state index is 11.0. The summed E-state index contributed by atoms with van der Waals surface area (Å²) in [6, 6.07) is 9.51. The monoisotopic (exact) mass is 237 g/mol. The zero-order valence-corrected chi connectivity index (χ0v) is 10.2. The number of hydrogen-bond donors (Lipinski definition) is 2. The molecule has 0 aliphatic carbocycles. The quantitative estimate of drug-likeness (QED) is 0.758. The first-order valence-corrected chi connectivity index (χ1v) is 5.73. The molecule has 2 N–H and O–H groups in total. The van der Waals surface area contributed by atoms with Crippen molar-refractivity contribution in [3.8, 4) is 5.75 Å². The first-order chi connectivity index (χ1) is 8.09. The van der Waals surface area contributed by atoms with Crippen molar-refractivity contribution < 1.29 is 14.6 Å². The summed E-state index contributed by atoms with van der Waals surface area (Å²) < 4.78 is 5.44. The van der Waals surface area contributed by atoms with E-state index in [1.807, 2.05) is 44.2 Å². The average molecular weight is 237 g/mol. The number of benzene rings is 1. The Morgan fingerprint density at radius 1 is 1.35 bits per heavy atom. The molecule has 4 heteroatoms. The van der Waals surface area contributed by atoms with E-state index in [1.54, 1.807) is 0 Å². The van der Waals surface area contributed by atoms with Crippen molar-refractivity contribution in [3.05, 3.63) is 30.3 Å². The molecule has 0 saturated heterocycles. The molecule has 0 amide bonds. The van der Waals surface area contributed by atoms with Crippen LogP contribution in [-0.4, -0.2) is 30.3 Å². The maximum absolute atomic E-state index is 11.0. The summed E-state index contributed by atoms with van der Waals surface area (Å²) in [6.45, 7) is 4.56. The van der Waals surface area contributed by atoms with Crippen molar-refractivity contribution in [2.75, 3.05) is 13.2 Å². The number of ether oxygens (including phenoxy) is 1. The molecule has 0 fully saturated rings. The van der Waals surface area contributed by atoms with E-state index in [2.05, 4.69) is 5.32 Å². The summed E-state index contributed by atoms with van der Waals surface area (Å²) in [5.41, 5.74) is 0. The maximum Gasteiger partial charge on any atom is 0.311 e. The molecule has 17 heavy (non-hydrogen) atoms. The van der Waals surface area contributed by atoms with Crippen molar-refractivity contribution in [1.29, 1.82) is 0 Å². The van der Waals surface area contributed by atoms with Crippen LogP contribution in [0.2, 0.25) is 0 Å². The van der Waals surface area contributed by atoms with Gasteiger partial charge in [0, 0.05) is 12.6 Å². The summed E-state index contributed by atoms with van der Waals surface area (Å²) >= 11 is 0. The Morgan fingerprint density at radius 3 is 2.53 bits per heavy atom. The Labute approximate surface area is 102 Å². The van der Waals surface area contributed by atoms with Crippen LogP contribution in [0.1, 0.15) is 13.8 Å². The zero-order valence-electron chi connectivity index (χ0n) is 10.2. The standard InChI is InChI=1S/C13H19NO3/c1-10(2)14-8-11(13(15)16)9-17-12-6-4-3-5-7-12/h3-7,10-11,14H,8-9H2,1-2H3,(H,15,16). The van der Waals surface area contributed by atoms with Crippen LogP contribution in [0.3, 0.4) is 0 Å². The van der Waals surface area contributed by atoms with Crippen LogP contribution in [0, 0.1) is 5.92 Å². The van der Waals surface area contributed by atoms with Gasteiger partial charge in [0.2, 0.25) is 0 Å². The largest absolute Gasteiger partial charge is 0.493 e. The van der Waals surface area contributed by atoms with E-state index in [4.69, 9.17) is 9.84 Å². The van der Waals surface area contributed by atoms with E-state index in [-0.39, 0.29) is 12.6 Å². The van der Waals surface area contributed by atoms with Crippen molar-refractivity contribution in [1.82, 2.24) is 5.32 Å². The van der Waals surface area contributed by atoms with Crippen LogP contribution in [0.15, 0.2) is 30.3 Å². The molecule has 0 bridgehead atoms. The van der Waals surface area contributed by atoms with Crippen molar-refractivity contribution >= 4 is 5.97 Å². The van der Waals surface area contributed by atoms with E-state index >= 15 is 0 Å². The number of rotatable bonds is 7. The van der Waals surface area contributed by atoms with Gasteiger partial charge in [0.15, 0.2) is 0 Å². The molecular formula is C13H19NO3. The van der Waals surface area contributed by atoms with Gasteiger partial charge < -0.3 is 15.2 Å². The van der Waals surface area contributed by atoms with E-state index in [0.29, 0.717) is 12.3 Å². The van der Waals surface area contributed by atoms with Gasteiger partial charge in [0.1, 0.15) is 18.3 Å². The van der Waals surface area contributed by atoms with Gasteiger partial charge in [-0.2, -0.15) is 0 Å². The summed E-state index contributed by atoms with van der Waals surface area (Å²) in [5.74, 6) is -0.671. The first kappa shape index (κ1) is 13.5. The molecule has 0 heterocycles. The van der Waals surface area contributed by atoms with Gasteiger partial charge in [-0.3, -0.25) is 4.79 Å². The van der Waals surface area contributed by atoms with Gasteiger partial charge in [0.05, 0.1) is 0 Å². The molecule has 0 aromatic heterocycles. The van der Waals surface area contributed by atoms with Crippen molar-refractivity contribution in [3.63, 3.8) is 0 Å². The first-order valence-electron chi connectivity index (χ1n) is 5.73. The minimum Gasteiger partial charge on any atom is -0.493 e. The second kappa shape index (κ2) is 6.91. The van der Waals surface area contributed by atoms with Gasteiger partial charge in [-0.05, 0) is 12.1 Å². The SMILES string of the molecule is CC(C)NCC(COc1ccccc1)C(=O)O. The third-order valence-corrected chi connectivity index (χ3v) is 2.32. The van der Waals surface area contributed by atoms with Gasteiger partial charge >= 0.3 is 5.97 Å². The summed E-state index contributed by atoms with van der Waals surface area (Å²) in [6.07, 6.45) is 0. The fourth-order valence-corrected chi connectivity index (χ4v) is 1.31. The second-order valence-corrected chi connectivity index (χ2v) is 4.22. The van der Waals surface area contributed by atoms with Crippen LogP contribution in [0.5, 0.6) is 5.75 Å². The number of aliphatic carboxylic acids is 1. The molecule has 94 valence electrons. The highest BCUT2D eigenvalue weighted by atomic mass is 16.5. The van der Waals surface area contributed by atoms with Crippen molar-refractivity contribution in [2.24, 2.45) is 5.92 Å². The molecule has 0 spiro atoms. The summed E-state index contributed by atoms with van der Waals surface area (Å²) in [5, 5.41) is 12.1. The Morgan fingerprint density at radius 2 is 2.00 bits per heavy atom. The van der Waals surface area contributed by atoms with Crippen molar-refractivity contribution in [2.45, 2.75) is 19.9 Å². The zero-order chi connectivity index (χ0) is 12.7. The van der Waals surface area contributed by atoms with Crippen LogP contribution >= 0.6 is 0 Å². The fraction of sp³-hybridized carbons (Fsp3) is 0.462. The van der Waals surface area contributed by atoms with E-state index in [1.165, 1.54) is 0 Å². The van der Waals surface area contributed by atoms with Gasteiger partial charge in [-0.25, -0.2) is 0 Å². The predicted molar refractivity (Wildman–Crippen MR) is 66.2 cm³/mol. The van der Waals surface area contributed by atoms with Crippen LogP contribution < -0.4 is 10.1 Å². The lowest BCUT2D eigenvalue weighted by Crippen LogP contribution is -2.36. The Hall–Kier alpha value is -1.55. The van der Waals surface area contributed by atoms with Gasteiger partial charge in [-0.15, -0.1) is 0 Å². The van der Waals surface area contributed by atoms with Gasteiger partial charge in [-0.1, -0.05) is 32.0 Å². The van der Waals surface area contributed by atoms with E-state index in [9.17, 15) is 4.79 Å². The average Bonchev–Trinajstić information content (AvgIpc) is 2.29. The number of carboxylic acids is 1. The number of nitrogens with one attached hydrogen (secondary N) is 1. The third-order valence-electron chi connectivity index (χ3n) is 2.32. The molecule has 1 aromatic carbocycles. The van der Waals surface area contributed by atoms with E-state index in [0.717, 1.165) is 0 Å². The number of hydrogen-bond acceptors (Lipinski definition) is 3. The third kappa shape index (κ3) is 5.36. The molecule has 1 unspecified atom stereocenters. The normalized spacial score (nSPS) is 12.4. The van der Waals surface area contributed by atoms with Crippen LogP contribution in [0.25, 0.3) is 0 Å². The highest BCUT2D eigenvalue weighted by Crippen LogP contribution is 2.10. The summed E-state index contributed by atoms with van der Waals surface area (Å²) in [7, 11) is 0. The lowest BCUT2D eigenvalue weighted by molar-refractivity contribution is -0.142. The molecule has 4 nitrogen and oxygen atoms in total. The van der Waals surface area contributed by atoms with Crippen LogP contribution in [-0.2, 0) is 4.79 Å². The molecule has 1 atom stereocenters. The number of carbonyl (C=O) groups is 1. The smallest absolute Gasteiger partial charge is 0.311 e. The molecule has 0 aliphatic heterocycles. The summed E-state index contributed by atoms with van der Waals surface area (Å²) in [4.78, 5) is 11.0. The highest BCUT2D eigenvalue weighted by molar-refractivity contribution is 5.70. The molecular weight excluding hydrogens is 218 g/mol.